The summed E-state index contributed by atoms with van der Waals surface area (Å²) in [5.41, 5.74) is 7.74. The van der Waals surface area contributed by atoms with Gasteiger partial charge in [0.15, 0.2) is 0 Å². The Kier molecular flexibility index (Phi) is 6.39. The van der Waals surface area contributed by atoms with E-state index in [0.717, 1.165) is 19.2 Å². The number of hydrogen-bond acceptors (Lipinski definition) is 8. The summed E-state index contributed by atoms with van der Waals surface area (Å²) in [6, 6.07) is 1.70. The summed E-state index contributed by atoms with van der Waals surface area (Å²) < 4.78 is 0.566. The lowest BCUT2D eigenvalue weighted by Gasteiger charge is -2.09. The maximum absolute atomic E-state index is 12.6. The van der Waals surface area contributed by atoms with Crippen molar-refractivity contribution in [1.29, 1.82) is 5.41 Å². The van der Waals surface area contributed by atoms with Gasteiger partial charge in [-0.2, -0.15) is 0 Å². The van der Waals surface area contributed by atoms with Crippen LogP contribution in [-0.4, -0.2) is 64.1 Å². The molecule has 0 fully saturated rings. The second kappa shape index (κ2) is 8.97. The fourth-order valence-electron chi connectivity index (χ4n) is 2.74. The predicted molar refractivity (Wildman–Crippen MR) is 117 cm³/mol. The molecule has 0 saturated heterocycles. The summed E-state index contributed by atoms with van der Waals surface area (Å²) in [5, 5.41) is 14.1. The first-order valence-corrected chi connectivity index (χ1v) is 9.68. The van der Waals surface area contributed by atoms with Gasteiger partial charge in [0.2, 0.25) is 0 Å². The number of pyridine rings is 1. The largest absolute Gasteiger partial charge is 0.383 e. The summed E-state index contributed by atoms with van der Waals surface area (Å²) >= 11 is 3.50. The Morgan fingerprint density at radius 2 is 2.17 bits per heavy atom. The molecular weight excluding hydrogens is 438 g/mol. The van der Waals surface area contributed by atoms with Crippen molar-refractivity contribution in [3.05, 3.63) is 34.3 Å². The first-order valence-electron chi connectivity index (χ1n) is 8.88. The van der Waals surface area contributed by atoms with Crippen molar-refractivity contribution >= 4 is 56.4 Å². The molecule has 1 amide bonds. The number of nitrogen functional groups attached to an aromatic ring is 1. The van der Waals surface area contributed by atoms with Crippen LogP contribution in [0.2, 0.25) is 0 Å². The van der Waals surface area contributed by atoms with Gasteiger partial charge in [-0.15, -0.1) is 0 Å². The second-order valence-corrected chi connectivity index (χ2v) is 7.43. The third-order valence-corrected chi connectivity index (χ3v) is 4.99. The van der Waals surface area contributed by atoms with Gasteiger partial charge < -0.3 is 31.7 Å². The van der Waals surface area contributed by atoms with Gasteiger partial charge in [-0.3, -0.25) is 4.79 Å². The summed E-state index contributed by atoms with van der Waals surface area (Å²) in [5.74, 6) is 0.543. The molecule has 29 heavy (non-hydrogen) atoms. The van der Waals surface area contributed by atoms with Gasteiger partial charge in [0, 0.05) is 18.3 Å². The number of carbonyl (C=O) groups is 1. The highest BCUT2D eigenvalue weighted by atomic mass is 79.9. The van der Waals surface area contributed by atoms with Gasteiger partial charge in [0.05, 0.1) is 21.7 Å². The number of H-pyrrole nitrogens is 1. The van der Waals surface area contributed by atoms with Crippen molar-refractivity contribution in [3.63, 3.8) is 0 Å². The van der Waals surface area contributed by atoms with Gasteiger partial charge in [0.1, 0.15) is 29.3 Å². The number of nitrogens with two attached hydrogens (primary N) is 1. The Morgan fingerprint density at radius 3 is 2.90 bits per heavy atom. The van der Waals surface area contributed by atoms with Gasteiger partial charge in [0.25, 0.3) is 5.91 Å². The number of hydrogen-bond donors (Lipinski definition) is 5. The van der Waals surface area contributed by atoms with E-state index in [9.17, 15) is 4.79 Å². The molecule has 3 aromatic rings. The van der Waals surface area contributed by atoms with Crippen LogP contribution in [0.4, 0.5) is 17.3 Å². The van der Waals surface area contributed by atoms with Crippen LogP contribution in [0, 0.1) is 5.41 Å². The number of rotatable bonds is 8. The predicted octanol–water partition coefficient (Wildman–Crippen LogP) is 2.12. The molecule has 0 atom stereocenters. The average Bonchev–Trinajstić information content (AvgIpc) is 3.04. The molecule has 0 bridgehead atoms. The minimum atomic E-state index is -0.222. The molecule has 0 aliphatic rings. The topological polar surface area (TPSA) is 149 Å². The van der Waals surface area contributed by atoms with E-state index in [1.54, 1.807) is 12.3 Å². The van der Waals surface area contributed by atoms with Gasteiger partial charge in [-0.25, -0.2) is 15.0 Å². The van der Waals surface area contributed by atoms with Crippen LogP contribution >= 0.6 is 15.9 Å². The molecule has 0 spiro atoms. The lowest BCUT2D eigenvalue weighted by molar-refractivity contribution is 0.0947. The quantitative estimate of drug-likeness (QED) is 0.255. The minimum absolute atomic E-state index is 0.222. The molecule has 3 rings (SSSR count). The number of fused-ring (bicyclic) bond motifs is 1. The molecule has 0 aliphatic carbocycles. The van der Waals surface area contributed by atoms with Gasteiger partial charge in [-0.05, 0) is 49.1 Å². The molecule has 0 unspecified atom stereocenters. The zero-order valence-corrected chi connectivity index (χ0v) is 17.7. The molecule has 0 aromatic carbocycles. The Labute approximate surface area is 176 Å². The summed E-state index contributed by atoms with van der Waals surface area (Å²) in [7, 11) is 3.98. The highest BCUT2D eigenvalue weighted by molar-refractivity contribution is 9.10. The number of aromatic amines is 1. The van der Waals surface area contributed by atoms with E-state index in [0.29, 0.717) is 44.8 Å². The van der Waals surface area contributed by atoms with Crippen LogP contribution in [-0.2, 0) is 0 Å². The fourth-order valence-corrected chi connectivity index (χ4v) is 3.39. The highest BCUT2D eigenvalue weighted by Crippen LogP contribution is 2.32. The zero-order chi connectivity index (χ0) is 21.0. The second-order valence-electron chi connectivity index (χ2n) is 6.64. The number of halogens is 1. The monoisotopic (exact) mass is 459 g/mol. The third kappa shape index (κ3) is 4.69. The number of nitrogens with one attached hydrogen (secondary N) is 4. The number of nitrogens with zero attached hydrogens (tertiary/aromatic N) is 4. The first kappa shape index (κ1) is 20.7. The highest BCUT2D eigenvalue weighted by Gasteiger charge is 2.20. The molecule has 11 heteroatoms. The SMILES string of the molecule is CN(C)CCCNC(=O)c1[nH]c2ncnc(Nc3cnc(N)c(C=N)c3)c2c1Br. The van der Waals surface area contributed by atoms with Crippen molar-refractivity contribution in [2.75, 3.05) is 38.2 Å². The Hall–Kier alpha value is -3.05. The van der Waals surface area contributed by atoms with Crippen LogP contribution in [0.25, 0.3) is 11.0 Å². The minimum Gasteiger partial charge on any atom is -0.383 e. The van der Waals surface area contributed by atoms with Crippen LogP contribution in [0.1, 0.15) is 22.5 Å². The van der Waals surface area contributed by atoms with E-state index in [-0.39, 0.29) is 11.7 Å². The normalized spacial score (nSPS) is 11.0. The van der Waals surface area contributed by atoms with E-state index < -0.39 is 0 Å². The van der Waals surface area contributed by atoms with Gasteiger partial charge in [-0.1, -0.05) is 0 Å². The van der Waals surface area contributed by atoms with E-state index in [2.05, 4.69) is 51.4 Å². The number of carbonyl (C=O) groups excluding carboxylic acids is 1. The summed E-state index contributed by atoms with van der Waals surface area (Å²) in [4.78, 5) is 30.2. The van der Waals surface area contributed by atoms with E-state index in [4.69, 9.17) is 11.1 Å². The summed E-state index contributed by atoms with van der Waals surface area (Å²) in [6.45, 7) is 1.46. The van der Waals surface area contributed by atoms with Crippen molar-refractivity contribution in [2.45, 2.75) is 6.42 Å². The van der Waals surface area contributed by atoms with E-state index >= 15 is 0 Å². The number of anilines is 3. The number of amides is 1. The summed E-state index contributed by atoms with van der Waals surface area (Å²) in [6.07, 6.45) is 4.93. The smallest absolute Gasteiger partial charge is 0.268 e. The number of aromatic nitrogens is 4. The van der Waals surface area contributed by atoms with Crippen LogP contribution in [0.15, 0.2) is 23.1 Å². The Balaban J connectivity index is 1.85. The maximum Gasteiger partial charge on any atom is 0.268 e. The fraction of sp³-hybridized carbons (Fsp3) is 0.278. The van der Waals surface area contributed by atoms with Crippen molar-refractivity contribution in [2.24, 2.45) is 0 Å². The van der Waals surface area contributed by atoms with Gasteiger partial charge >= 0.3 is 0 Å². The van der Waals surface area contributed by atoms with Crippen LogP contribution in [0.5, 0.6) is 0 Å². The lowest BCUT2D eigenvalue weighted by Crippen LogP contribution is -2.27. The molecule has 0 radical (unpaired) electrons. The standard InChI is InChI=1S/C18H22BrN9O/c1-28(2)5-3-4-22-18(29)14-13(19)12-16(24-9-25-17(12)27-14)26-11-6-10(7-20)15(21)23-8-11/h6-9,20H,3-5H2,1-2H3,(H2,21,23)(H,22,29)(H2,24,25,26,27). The molecule has 3 heterocycles. The first-order chi connectivity index (χ1) is 13.9. The lowest BCUT2D eigenvalue weighted by atomic mass is 10.2. The Bertz CT molecular complexity index is 1050. The van der Waals surface area contributed by atoms with E-state index in [1.165, 1.54) is 6.33 Å². The molecule has 152 valence electrons. The van der Waals surface area contributed by atoms with E-state index in [1.807, 2.05) is 14.1 Å². The Morgan fingerprint density at radius 1 is 1.38 bits per heavy atom. The third-order valence-electron chi connectivity index (χ3n) is 4.19. The molecule has 0 saturated carbocycles. The van der Waals surface area contributed by atoms with Crippen molar-refractivity contribution < 1.29 is 4.79 Å². The van der Waals surface area contributed by atoms with Crippen LogP contribution in [0.3, 0.4) is 0 Å². The molecular formula is C18H22BrN9O. The van der Waals surface area contributed by atoms with Crippen molar-refractivity contribution in [1.82, 2.24) is 30.2 Å². The van der Waals surface area contributed by atoms with Crippen molar-refractivity contribution in [3.8, 4) is 0 Å². The average molecular weight is 460 g/mol. The maximum atomic E-state index is 12.6. The molecule has 3 aromatic heterocycles. The molecule has 6 N–H and O–H groups in total. The molecule has 10 nitrogen and oxygen atoms in total. The van der Waals surface area contributed by atoms with Crippen LogP contribution < -0.4 is 16.4 Å². The zero-order valence-electron chi connectivity index (χ0n) is 16.1. The molecule has 0 aliphatic heterocycles.